The Labute approximate surface area is 169 Å². The number of amides is 1. The zero-order valence-electron chi connectivity index (χ0n) is 16.0. The first-order chi connectivity index (χ1) is 13.5. The molecule has 3 aromatic rings. The summed E-state index contributed by atoms with van der Waals surface area (Å²) in [5, 5.41) is 0.520. The van der Waals surface area contributed by atoms with Gasteiger partial charge in [-0.05, 0) is 57.0 Å². The number of para-hydroxylation sites is 2. The van der Waals surface area contributed by atoms with E-state index in [0.717, 1.165) is 23.9 Å². The molecule has 0 radical (unpaired) electrons. The number of hydrogen-bond acceptors (Lipinski definition) is 4. The molecule has 0 saturated carbocycles. The Hall–Kier alpha value is -2.53. The third-order valence-corrected chi connectivity index (χ3v) is 5.14. The van der Waals surface area contributed by atoms with Gasteiger partial charge in [-0.2, -0.15) is 0 Å². The van der Waals surface area contributed by atoms with Gasteiger partial charge < -0.3 is 14.1 Å². The minimum Gasteiger partial charge on any atom is -0.490 e. The molecule has 1 aliphatic heterocycles. The maximum atomic E-state index is 13.2. The summed E-state index contributed by atoms with van der Waals surface area (Å²) >= 11 is 6.15. The summed E-state index contributed by atoms with van der Waals surface area (Å²) in [6.07, 6.45) is 1.82. The quantitative estimate of drug-likeness (QED) is 0.599. The number of carbonyl (C=O) groups is 1. The molecule has 0 N–H and O–H groups in total. The third-order valence-electron chi connectivity index (χ3n) is 4.90. The van der Waals surface area contributed by atoms with Crippen LogP contribution in [0.15, 0.2) is 46.9 Å². The molecule has 28 heavy (non-hydrogen) atoms. The van der Waals surface area contributed by atoms with Gasteiger partial charge in [-0.1, -0.05) is 23.7 Å². The maximum Gasteiger partial charge on any atom is 0.257 e. The molecule has 5 nitrogen and oxygen atoms in total. The van der Waals surface area contributed by atoms with E-state index in [1.54, 1.807) is 18.2 Å². The molecule has 146 valence electrons. The minimum absolute atomic E-state index is 0.0263. The molecule has 1 aliphatic rings. The minimum atomic E-state index is -0.0704. The van der Waals surface area contributed by atoms with Gasteiger partial charge in [0.15, 0.2) is 11.5 Å². The molecule has 4 rings (SSSR count). The highest BCUT2D eigenvalue weighted by Gasteiger charge is 2.30. The van der Waals surface area contributed by atoms with E-state index in [2.05, 4.69) is 4.98 Å². The fraction of sp³-hybridized carbons (Fsp3) is 0.364. The first kappa shape index (κ1) is 18.8. The zero-order valence-corrected chi connectivity index (χ0v) is 16.8. The number of likely N-dealkylation sites (tertiary alicyclic amines) is 1. The van der Waals surface area contributed by atoms with Crippen LogP contribution in [0, 0.1) is 0 Å². The normalized spacial score (nSPS) is 17.3. The van der Waals surface area contributed by atoms with Gasteiger partial charge in [0, 0.05) is 18.1 Å². The van der Waals surface area contributed by atoms with Gasteiger partial charge in [0.1, 0.15) is 11.3 Å². The Bertz CT molecular complexity index is 965. The van der Waals surface area contributed by atoms with Crippen molar-refractivity contribution in [3.05, 3.63) is 58.9 Å². The Balaban J connectivity index is 1.57. The predicted octanol–water partition coefficient (Wildman–Crippen LogP) is 5.29. The second-order valence-electron chi connectivity index (χ2n) is 7.42. The number of benzene rings is 2. The van der Waals surface area contributed by atoms with Gasteiger partial charge in [-0.25, -0.2) is 4.98 Å². The predicted molar refractivity (Wildman–Crippen MR) is 109 cm³/mol. The lowest BCUT2D eigenvalue weighted by molar-refractivity contribution is 0.0693. The lowest BCUT2D eigenvalue weighted by Gasteiger charge is -2.32. The van der Waals surface area contributed by atoms with Crippen LogP contribution in [0.4, 0.5) is 0 Å². The van der Waals surface area contributed by atoms with Crippen molar-refractivity contribution in [2.24, 2.45) is 0 Å². The Kier molecular flexibility index (Phi) is 5.27. The molecular weight excluding hydrogens is 376 g/mol. The number of rotatable bonds is 4. The van der Waals surface area contributed by atoms with E-state index in [4.69, 9.17) is 20.8 Å². The lowest BCUT2D eigenvalue weighted by atomic mass is 9.97. The molecule has 1 atom stereocenters. The average Bonchev–Trinajstić information content (AvgIpc) is 3.13. The highest BCUT2D eigenvalue weighted by Crippen LogP contribution is 2.31. The van der Waals surface area contributed by atoms with Gasteiger partial charge in [0.25, 0.3) is 5.91 Å². The van der Waals surface area contributed by atoms with Crippen LogP contribution in [-0.2, 0) is 0 Å². The third kappa shape index (κ3) is 3.85. The molecule has 0 bridgehead atoms. The van der Waals surface area contributed by atoms with Crippen molar-refractivity contribution in [1.82, 2.24) is 9.88 Å². The molecule has 1 unspecified atom stereocenters. The number of aromatic nitrogens is 1. The Morgan fingerprint density at radius 1 is 1.29 bits per heavy atom. The Morgan fingerprint density at radius 3 is 2.89 bits per heavy atom. The second-order valence-corrected chi connectivity index (χ2v) is 7.85. The molecule has 2 heterocycles. The van der Waals surface area contributed by atoms with Crippen LogP contribution < -0.4 is 4.74 Å². The number of piperidine rings is 1. The largest absolute Gasteiger partial charge is 0.490 e. The SMILES string of the molecule is CC(C)Oc1ccc(Cl)cc1C(=O)N1CCCC(c2nc3ccccc3o2)C1. The van der Waals surface area contributed by atoms with Crippen LogP contribution in [0.3, 0.4) is 0 Å². The van der Waals surface area contributed by atoms with E-state index >= 15 is 0 Å². The molecule has 1 saturated heterocycles. The molecule has 1 amide bonds. The monoisotopic (exact) mass is 398 g/mol. The summed E-state index contributed by atoms with van der Waals surface area (Å²) in [5.41, 5.74) is 2.13. The van der Waals surface area contributed by atoms with Crippen molar-refractivity contribution < 1.29 is 13.9 Å². The molecule has 6 heteroatoms. The summed E-state index contributed by atoms with van der Waals surface area (Å²) in [6, 6.07) is 12.9. The molecule has 1 aromatic heterocycles. The number of halogens is 1. The smallest absolute Gasteiger partial charge is 0.257 e. The van der Waals surface area contributed by atoms with Gasteiger partial charge >= 0.3 is 0 Å². The molecule has 1 fully saturated rings. The first-order valence-electron chi connectivity index (χ1n) is 9.62. The summed E-state index contributed by atoms with van der Waals surface area (Å²) < 4.78 is 11.8. The van der Waals surface area contributed by atoms with Crippen LogP contribution in [-0.4, -0.2) is 35.0 Å². The topological polar surface area (TPSA) is 55.6 Å². The van der Waals surface area contributed by atoms with E-state index in [0.29, 0.717) is 35.3 Å². The van der Waals surface area contributed by atoms with Crippen molar-refractivity contribution in [2.45, 2.75) is 38.7 Å². The van der Waals surface area contributed by atoms with Crippen LogP contribution in [0.5, 0.6) is 5.75 Å². The summed E-state index contributed by atoms with van der Waals surface area (Å²) in [6.45, 7) is 5.14. The fourth-order valence-corrected chi connectivity index (χ4v) is 3.80. The maximum absolute atomic E-state index is 13.2. The number of ether oxygens (including phenoxy) is 1. The van der Waals surface area contributed by atoms with E-state index < -0.39 is 0 Å². The fourth-order valence-electron chi connectivity index (χ4n) is 3.62. The Morgan fingerprint density at radius 2 is 2.11 bits per heavy atom. The standard InChI is InChI=1S/C22H23ClN2O3/c1-14(2)27-19-10-9-16(23)12-17(19)22(26)25-11-5-6-15(13-25)21-24-18-7-3-4-8-20(18)28-21/h3-4,7-10,12,14-15H,5-6,11,13H2,1-2H3. The van der Waals surface area contributed by atoms with Gasteiger partial charge in [0.2, 0.25) is 0 Å². The van der Waals surface area contributed by atoms with Gasteiger partial charge in [-0.3, -0.25) is 4.79 Å². The first-order valence-corrected chi connectivity index (χ1v) is 10.00. The summed E-state index contributed by atoms with van der Waals surface area (Å²) in [4.78, 5) is 19.7. The van der Waals surface area contributed by atoms with Gasteiger partial charge in [-0.15, -0.1) is 0 Å². The van der Waals surface area contributed by atoms with Crippen LogP contribution in [0.1, 0.15) is 48.9 Å². The summed E-state index contributed by atoms with van der Waals surface area (Å²) in [7, 11) is 0. The second kappa shape index (κ2) is 7.84. The van der Waals surface area contributed by atoms with Crippen molar-refractivity contribution in [3.63, 3.8) is 0 Å². The van der Waals surface area contributed by atoms with E-state index in [1.165, 1.54) is 0 Å². The number of hydrogen-bond donors (Lipinski definition) is 0. The van der Waals surface area contributed by atoms with Crippen molar-refractivity contribution >= 4 is 28.6 Å². The van der Waals surface area contributed by atoms with E-state index in [1.807, 2.05) is 43.0 Å². The van der Waals surface area contributed by atoms with Crippen LogP contribution in [0.2, 0.25) is 5.02 Å². The molecule has 0 spiro atoms. The van der Waals surface area contributed by atoms with Crippen molar-refractivity contribution in [2.75, 3.05) is 13.1 Å². The van der Waals surface area contributed by atoms with Gasteiger partial charge in [0.05, 0.1) is 17.6 Å². The highest BCUT2D eigenvalue weighted by atomic mass is 35.5. The molecule has 0 aliphatic carbocycles. The number of nitrogens with zero attached hydrogens (tertiary/aromatic N) is 2. The lowest BCUT2D eigenvalue weighted by Crippen LogP contribution is -2.39. The van der Waals surface area contributed by atoms with Crippen LogP contribution >= 0.6 is 11.6 Å². The van der Waals surface area contributed by atoms with E-state index in [-0.39, 0.29) is 17.9 Å². The van der Waals surface area contributed by atoms with E-state index in [9.17, 15) is 4.79 Å². The number of carbonyl (C=O) groups excluding carboxylic acids is 1. The van der Waals surface area contributed by atoms with Crippen molar-refractivity contribution in [3.8, 4) is 5.75 Å². The van der Waals surface area contributed by atoms with Crippen molar-refractivity contribution in [1.29, 1.82) is 0 Å². The molecular formula is C22H23ClN2O3. The molecule has 2 aromatic carbocycles. The summed E-state index contributed by atoms with van der Waals surface area (Å²) in [5.74, 6) is 1.27. The average molecular weight is 399 g/mol. The zero-order chi connectivity index (χ0) is 19.7. The highest BCUT2D eigenvalue weighted by molar-refractivity contribution is 6.31. The number of fused-ring (bicyclic) bond motifs is 1. The number of oxazole rings is 1. The van der Waals surface area contributed by atoms with Crippen LogP contribution in [0.25, 0.3) is 11.1 Å².